The standard InChI is InChI=1S/C4H7N.C2H6O2S/c1-2-3-4-5;1-2-5(3)4/h2-3H2,1H3;2H2,1H3,(H,3,4)/p-1. The van der Waals surface area contributed by atoms with Gasteiger partial charge in [0.05, 0.1) is 6.07 Å². The van der Waals surface area contributed by atoms with Gasteiger partial charge in [0, 0.05) is 12.2 Å². The summed E-state index contributed by atoms with van der Waals surface area (Å²) in [6.45, 7) is 3.58. The highest BCUT2D eigenvalue weighted by Gasteiger charge is 1.65. The number of hydrogen-bond donors (Lipinski definition) is 0. The molecule has 0 bridgehead atoms. The molecule has 0 aliphatic heterocycles. The van der Waals surface area contributed by atoms with Gasteiger partial charge in [-0.3, -0.25) is 4.21 Å². The smallest absolute Gasteiger partial charge is 0.0621 e. The molecule has 0 rings (SSSR count). The van der Waals surface area contributed by atoms with Crippen molar-refractivity contribution in [2.45, 2.75) is 26.7 Å². The zero-order chi connectivity index (χ0) is 8.41. The molecule has 0 aromatic carbocycles. The van der Waals surface area contributed by atoms with E-state index >= 15 is 0 Å². The van der Waals surface area contributed by atoms with Crippen molar-refractivity contribution < 1.29 is 8.76 Å². The molecule has 4 heteroatoms. The predicted octanol–water partition coefficient (Wildman–Crippen LogP) is 1.20. The highest BCUT2D eigenvalue weighted by molar-refractivity contribution is 7.79. The van der Waals surface area contributed by atoms with E-state index in [-0.39, 0.29) is 5.75 Å². The fourth-order valence-electron chi connectivity index (χ4n) is 0.112. The molecule has 0 fully saturated rings. The average Bonchev–Trinajstić information content (AvgIpc) is 1.91. The van der Waals surface area contributed by atoms with Gasteiger partial charge in [0.15, 0.2) is 0 Å². The minimum absolute atomic E-state index is 0.222. The Morgan fingerprint density at radius 3 is 2.00 bits per heavy atom. The molecule has 60 valence electrons. The Labute approximate surface area is 64.3 Å². The zero-order valence-corrected chi connectivity index (χ0v) is 7.11. The zero-order valence-electron chi connectivity index (χ0n) is 6.29. The minimum Gasteiger partial charge on any atom is -0.772 e. The molecule has 0 N–H and O–H groups in total. The van der Waals surface area contributed by atoms with Crippen LogP contribution in [-0.4, -0.2) is 14.5 Å². The van der Waals surface area contributed by atoms with E-state index in [1.165, 1.54) is 0 Å². The Kier molecular flexibility index (Phi) is 14.0. The molecule has 0 aliphatic carbocycles. The number of nitrogens with zero attached hydrogens (tertiary/aromatic N) is 1. The van der Waals surface area contributed by atoms with Crippen molar-refractivity contribution in [2.24, 2.45) is 0 Å². The van der Waals surface area contributed by atoms with Crippen LogP contribution in [0.4, 0.5) is 0 Å². The Morgan fingerprint density at radius 1 is 1.60 bits per heavy atom. The molecule has 0 amide bonds. The van der Waals surface area contributed by atoms with Gasteiger partial charge in [0.2, 0.25) is 0 Å². The summed E-state index contributed by atoms with van der Waals surface area (Å²) in [4.78, 5) is 0. The van der Waals surface area contributed by atoms with Gasteiger partial charge in [-0.05, 0) is 6.42 Å². The van der Waals surface area contributed by atoms with Crippen LogP contribution in [0.15, 0.2) is 0 Å². The summed E-state index contributed by atoms with van der Waals surface area (Å²) in [6, 6.07) is 2.02. The van der Waals surface area contributed by atoms with Crippen LogP contribution in [0.2, 0.25) is 0 Å². The van der Waals surface area contributed by atoms with Crippen LogP contribution in [0.1, 0.15) is 26.7 Å². The van der Waals surface area contributed by atoms with Crippen LogP contribution < -0.4 is 0 Å². The third-order valence-electron chi connectivity index (χ3n) is 0.598. The third kappa shape index (κ3) is 25.5. The largest absolute Gasteiger partial charge is 0.772 e. The van der Waals surface area contributed by atoms with E-state index in [0.29, 0.717) is 6.42 Å². The molecule has 1 atom stereocenters. The van der Waals surface area contributed by atoms with E-state index in [1.54, 1.807) is 6.92 Å². The van der Waals surface area contributed by atoms with Gasteiger partial charge in [0.1, 0.15) is 0 Å². The number of unbranched alkanes of at least 4 members (excludes halogenated alkanes) is 1. The van der Waals surface area contributed by atoms with E-state index in [4.69, 9.17) is 5.26 Å². The molecule has 0 spiro atoms. The van der Waals surface area contributed by atoms with Crippen LogP contribution in [0.3, 0.4) is 0 Å². The van der Waals surface area contributed by atoms with Gasteiger partial charge in [-0.1, -0.05) is 24.9 Å². The molecule has 3 nitrogen and oxygen atoms in total. The average molecular weight is 162 g/mol. The lowest BCUT2D eigenvalue weighted by Gasteiger charge is -1.93. The summed E-state index contributed by atoms with van der Waals surface area (Å²) in [6.07, 6.45) is 1.68. The lowest BCUT2D eigenvalue weighted by molar-refractivity contribution is 0.538. The maximum atomic E-state index is 9.37. The molecular weight excluding hydrogens is 150 g/mol. The van der Waals surface area contributed by atoms with Crippen LogP contribution >= 0.6 is 0 Å². The van der Waals surface area contributed by atoms with Crippen LogP contribution in [0.5, 0.6) is 0 Å². The highest BCUT2D eigenvalue weighted by Crippen LogP contribution is 1.77. The first kappa shape index (κ1) is 12.3. The fourth-order valence-corrected chi connectivity index (χ4v) is 0.112. The third-order valence-corrected chi connectivity index (χ3v) is 1.07. The maximum absolute atomic E-state index is 9.37. The van der Waals surface area contributed by atoms with Gasteiger partial charge < -0.3 is 4.55 Å². The molecule has 0 aromatic rings. The second-order valence-corrected chi connectivity index (χ2v) is 2.69. The van der Waals surface area contributed by atoms with Crippen LogP contribution in [-0.2, 0) is 11.1 Å². The molecule has 10 heavy (non-hydrogen) atoms. The molecule has 1 unspecified atom stereocenters. The monoisotopic (exact) mass is 162 g/mol. The Morgan fingerprint density at radius 2 is 2.00 bits per heavy atom. The SMILES string of the molecule is CCCC#N.CCS(=O)[O-]. The van der Waals surface area contributed by atoms with E-state index in [0.717, 1.165) is 6.42 Å². The van der Waals surface area contributed by atoms with Gasteiger partial charge in [-0.15, -0.1) is 0 Å². The molecule has 0 saturated carbocycles. The van der Waals surface area contributed by atoms with Gasteiger partial charge in [-0.25, -0.2) is 0 Å². The fraction of sp³-hybridized carbons (Fsp3) is 0.833. The van der Waals surface area contributed by atoms with Gasteiger partial charge in [-0.2, -0.15) is 5.26 Å². The molecule has 0 aliphatic rings. The predicted molar refractivity (Wildman–Crippen MR) is 40.0 cm³/mol. The lowest BCUT2D eigenvalue weighted by atomic mass is 10.4. The van der Waals surface area contributed by atoms with E-state index < -0.39 is 11.1 Å². The normalized spacial score (nSPS) is 10.6. The Hall–Kier alpha value is -0.400. The number of rotatable bonds is 2. The number of hydrogen-bond acceptors (Lipinski definition) is 3. The second kappa shape index (κ2) is 11.4. The Bertz CT molecular complexity index is 119. The minimum atomic E-state index is -1.82. The first-order valence-electron chi connectivity index (χ1n) is 3.11. The van der Waals surface area contributed by atoms with Crippen LogP contribution in [0, 0.1) is 11.3 Å². The highest BCUT2D eigenvalue weighted by atomic mass is 32.2. The second-order valence-electron chi connectivity index (χ2n) is 1.50. The van der Waals surface area contributed by atoms with E-state index in [2.05, 4.69) is 0 Å². The van der Waals surface area contributed by atoms with Crippen molar-refractivity contribution in [1.29, 1.82) is 5.26 Å². The van der Waals surface area contributed by atoms with Crippen molar-refractivity contribution in [3.05, 3.63) is 0 Å². The van der Waals surface area contributed by atoms with Crippen molar-refractivity contribution in [3.8, 4) is 6.07 Å². The Balaban J connectivity index is 0. The van der Waals surface area contributed by atoms with Crippen molar-refractivity contribution in [1.82, 2.24) is 0 Å². The molecular formula is C6H12NO2S-. The van der Waals surface area contributed by atoms with Gasteiger partial charge in [0.25, 0.3) is 0 Å². The summed E-state index contributed by atoms with van der Waals surface area (Å²) in [5.74, 6) is 0.222. The maximum Gasteiger partial charge on any atom is 0.0621 e. The summed E-state index contributed by atoms with van der Waals surface area (Å²) < 4.78 is 18.7. The van der Waals surface area contributed by atoms with Crippen LogP contribution in [0.25, 0.3) is 0 Å². The van der Waals surface area contributed by atoms with Crippen molar-refractivity contribution in [2.75, 3.05) is 5.75 Å². The van der Waals surface area contributed by atoms with Gasteiger partial charge >= 0.3 is 0 Å². The first-order chi connectivity index (χ1) is 4.68. The summed E-state index contributed by atoms with van der Waals surface area (Å²) in [7, 11) is 0. The number of nitriles is 1. The summed E-state index contributed by atoms with van der Waals surface area (Å²) >= 11 is -1.82. The van der Waals surface area contributed by atoms with E-state index in [9.17, 15) is 8.76 Å². The molecule has 0 radical (unpaired) electrons. The molecule has 0 saturated heterocycles. The topological polar surface area (TPSA) is 63.9 Å². The van der Waals surface area contributed by atoms with E-state index in [1.807, 2.05) is 13.0 Å². The van der Waals surface area contributed by atoms with Crippen molar-refractivity contribution >= 4 is 11.1 Å². The lowest BCUT2D eigenvalue weighted by Crippen LogP contribution is -1.85. The summed E-state index contributed by atoms with van der Waals surface area (Å²) in [5.41, 5.74) is 0. The molecule has 0 heterocycles. The summed E-state index contributed by atoms with van der Waals surface area (Å²) in [5, 5.41) is 7.82. The quantitative estimate of drug-likeness (QED) is 0.573. The first-order valence-corrected chi connectivity index (χ1v) is 4.36. The molecule has 0 aromatic heterocycles. The van der Waals surface area contributed by atoms with Crippen molar-refractivity contribution in [3.63, 3.8) is 0 Å².